The maximum Gasteiger partial charge on any atom is 0.162 e. The number of rotatable bonds is 3. The number of hydrogen-bond donors (Lipinski definition) is 0. The molecule has 1 aromatic carbocycles. The second-order valence-electron chi connectivity index (χ2n) is 6.82. The van der Waals surface area contributed by atoms with Crippen molar-refractivity contribution in [2.24, 2.45) is 0 Å². The highest BCUT2D eigenvalue weighted by molar-refractivity contribution is 6.07. The molecule has 1 saturated carbocycles. The quantitative estimate of drug-likeness (QED) is 0.811. The molecule has 2 aliphatic rings. The van der Waals surface area contributed by atoms with Crippen molar-refractivity contribution in [1.29, 1.82) is 0 Å². The topological polar surface area (TPSA) is 36.4 Å². The Kier molecular flexibility index (Phi) is 3.96. The SMILES string of the molecule is CC(=O)c1cc(F)c2cccnc2c1N1CCN(C2CCC2)CC1. The number of carbonyl (C=O) groups excluding carboxylic acids is 1. The smallest absolute Gasteiger partial charge is 0.162 e. The third-order valence-electron chi connectivity index (χ3n) is 5.42. The molecule has 0 spiro atoms. The normalized spacial score (nSPS) is 19.5. The third-order valence-corrected chi connectivity index (χ3v) is 5.42. The molecule has 4 rings (SSSR count). The molecule has 2 aromatic rings. The predicted molar refractivity (Wildman–Crippen MR) is 93.1 cm³/mol. The lowest BCUT2D eigenvalue weighted by molar-refractivity contribution is 0.101. The zero-order valence-corrected chi connectivity index (χ0v) is 14.0. The van der Waals surface area contributed by atoms with E-state index in [2.05, 4.69) is 14.8 Å². The molecule has 4 nitrogen and oxygen atoms in total. The predicted octanol–water partition coefficient (Wildman–Crippen LogP) is 3.25. The van der Waals surface area contributed by atoms with Gasteiger partial charge in [0.05, 0.1) is 11.2 Å². The van der Waals surface area contributed by atoms with Crippen LogP contribution >= 0.6 is 0 Å². The highest BCUT2D eigenvalue weighted by Gasteiger charge is 2.30. The van der Waals surface area contributed by atoms with Gasteiger partial charge in [0.2, 0.25) is 0 Å². The summed E-state index contributed by atoms with van der Waals surface area (Å²) in [6, 6.07) is 5.58. The zero-order chi connectivity index (χ0) is 16.7. The molecule has 24 heavy (non-hydrogen) atoms. The summed E-state index contributed by atoms with van der Waals surface area (Å²) >= 11 is 0. The summed E-state index contributed by atoms with van der Waals surface area (Å²) in [5.41, 5.74) is 1.84. The fourth-order valence-electron chi connectivity index (χ4n) is 3.84. The first-order valence-electron chi connectivity index (χ1n) is 8.72. The molecule has 126 valence electrons. The number of nitrogens with zero attached hydrogens (tertiary/aromatic N) is 3. The number of pyridine rings is 1. The minimum absolute atomic E-state index is 0.113. The van der Waals surface area contributed by atoms with Crippen molar-refractivity contribution in [3.63, 3.8) is 0 Å². The standard InChI is InChI=1S/C19H22FN3O/c1-13(24)16-12-17(20)15-6-3-7-21-18(15)19(16)23-10-8-22(9-11-23)14-4-2-5-14/h3,6-7,12,14H,2,4-5,8-11H2,1H3. The number of Topliss-reactive ketones (excluding diaryl/α,β-unsaturated/α-hetero) is 1. The Morgan fingerprint density at radius 2 is 2.00 bits per heavy atom. The summed E-state index contributed by atoms with van der Waals surface area (Å²) < 4.78 is 14.4. The molecule has 1 aliphatic carbocycles. The molecule has 0 radical (unpaired) electrons. The van der Waals surface area contributed by atoms with Crippen LogP contribution in [0.1, 0.15) is 36.5 Å². The molecule has 2 heterocycles. The average molecular weight is 327 g/mol. The molecule has 0 atom stereocenters. The Labute approximate surface area is 141 Å². The largest absolute Gasteiger partial charge is 0.367 e. The molecule has 1 aliphatic heterocycles. The molecule has 5 heteroatoms. The first-order chi connectivity index (χ1) is 11.6. The minimum Gasteiger partial charge on any atom is -0.367 e. The van der Waals surface area contributed by atoms with Crippen molar-refractivity contribution >= 4 is 22.4 Å². The highest BCUT2D eigenvalue weighted by atomic mass is 19.1. The van der Waals surface area contributed by atoms with Crippen molar-refractivity contribution in [2.75, 3.05) is 31.1 Å². The van der Waals surface area contributed by atoms with E-state index in [0.717, 1.165) is 37.9 Å². The van der Waals surface area contributed by atoms with E-state index in [1.165, 1.54) is 32.3 Å². The van der Waals surface area contributed by atoms with Crippen LogP contribution in [0.5, 0.6) is 0 Å². The van der Waals surface area contributed by atoms with E-state index in [0.29, 0.717) is 16.5 Å². The summed E-state index contributed by atoms with van der Waals surface area (Å²) in [4.78, 5) is 21.3. The number of carbonyl (C=O) groups is 1. The first-order valence-corrected chi connectivity index (χ1v) is 8.72. The van der Waals surface area contributed by atoms with Gasteiger partial charge in [0, 0.05) is 49.4 Å². The minimum atomic E-state index is -0.375. The Morgan fingerprint density at radius 1 is 1.25 bits per heavy atom. The summed E-state index contributed by atoms with van der Waals surface area (Å²) in [5, 5.41) is 0.485. The number of piperazine rings is 1. The lowest BCUT2D eigenvalue weighted by atomic mass is 9.91. The van der Waals surface area contributed by atoms with Gasteiger partial charge in [-0.25, -0.2) is 4.39 Å². The summed E-state index contributed by atoms with van der Waals surface area (Å²) in [6.07, 6.45) is 5.62. The molecule has 2 fully saturated rings. The van der Waals surface area contributed by atoms with Gasteiger partial charge in [0.1, 0.15) is 5.82 Å². The summed E-state index contributed by atoms with van der Waals surface area (Å²) in [7, 11) is 0. The van der Waals surface area contributed by atoms with Crippen LogP contribution in [0.3, 0.4) is 0 Å². The third kappa shape index (κ3) is 2.57. The van der Waals surface area contributed by atoms with Crippen LogP contribution in [-0.4, -0.2) is 47.9 Å². The molecule has 0 amide bonds. The van der Waals surface area contributed by atoms with Crippen LogP contribution in [0.4, 0.5) is 10.1 Å². The molecule has 1 saturated heterocycles. The van der Waals surface area contributed by atoms with E-state index >= 15 is 0 Å². The van der Waals surface area contributed by atoms with Crippen LogP contribution in [-0.2, 0) is 0 Å². The van der Waals surface area contributed by atoms with Crippen molar-refractivity contribution in [2.45, 2.75) is 32.2 Å². The Bertz CT molecular complexity index is 780. The van der Waals surface area contributed by atoms with Gasteiger partial charge in [-0.1, -0.05) is 6.42 Å². The van der Waals surface area contributed by atoms with Crippen LogP contribution in [0.2, 0.25) is 0 Å². The second kappa shape index (κ2) is 6.13. The Balaban J connectivity index is 1.71. The molecule has 0 N–H and O–H groups in total. The van der Waals surface area contributed by atoms with E-state index < -0.39 is 0 Å². The number of hydrogen-bond acceptors (Lipinski definition) is 4. The van der Waals surface area contributed by atoms with Crippen molar-refractivity contribution < 1.29 is 9.18 Å². The van der Waals surface area contributed by atoms with Gasteiger partial charge in [-0.2, -0.15) is 0 Å². The number of ketones is 1. The second-order valence-corrected chi connectivity index (χ2v) is 6.82. The van der Waals surface area contributed by atoms with E-state index in [-0.39, 0.29) is 11.6 Å². The molecular weight excluding hydrogens is 305 g/mol. The Morgan fingerprint density at radius 3 is 2.62 bits per heavy atom. The lowest BCUT2D eigenvalue weighted by Crippen LogP contribution is -2.52. The van der Waals surface area contributed by atoms with Gasteiger partial charge in [-0.15, -0.1) is 0 Å². The van der Waals surface area contributed by atoms with Gasteiger partial charge in [-0.05, 0) is 38.0 Å². The van der Waals surface area contributed by atoms with Crippen LogP contribution in [0.25, 0.3) is 10.9 Å². The van der Waals surface area contributed by atoms with E-state index in [1.54, 1.807) is 18.3 Å². The molecule has 1 aromatic heterocycles. The van der Waals surface area contributed by atoms with E-state index in [4.69, 9.17) is 0 Å². The first kappa shape index (κ1) is 15.5. The maximum absolute atomic E-state index is 14.4. The van der Waals surface area contributed by atoms with E-state index in [1.807, 2.05) is 0 Å². The fourth-order valence-corrected chi connectivity index (χ4v) is 3.84. The van der Waals surface area contributed by atoms with Crippen LogP contribution in [0, 0.1) is 5.82 Å². The van der Waals surface area contributed by atoms with Crippen molar-refractivity contribution in [1.82, 2.24) is 9.88 Å². The number of anilines is 1. The monoisotopic (exact) mass is 327 g/mol. The van der Waals surface area contributed by atoms with Gasteiger partial charge < -0.3 is 4.90 Å². The van der Waals surface area contributed by atoms with Gasteiger partial charge in [0.15, 0.2) is 5.78 Å². The zero-order valence-electron chi connectivity index (χ0n) is 14.0. The van der Waals surface area contributed by atoms with E-state index in [9.17, 15) is 9.18 Å². The van der Waals surface area contributed by atoms with Crippen LogP contribution < -0.4 is 4.90 Å². The molecular formula is C19H22FN3O. The maximum atomic E-state index is 14.4. The van der Waals surface area contributed by atoms with Crippen LogP contribution in [0.15, 0.2) is 24.4 Å². The summed E-state index contributed by atoms with van der Waals surface area (Å²) in [5.74, 6) is -0.488. The van der Waals surface area contributed by atoms with Crippen molar-refractivity contribution in [3.05, 3.63) is 35.8 Å². The number of fused-ring (bicyclic) bond motifs is 1. The number of benzene rings is 1. The number of aromatic nitrogens is 1. The fraction of sp³-hybridized carbons (Fsp3) is 0.474. The highest BCUT2D eigenvalue weighted by Crippen LogP contribution is 2.33. The molecule has 0 bridgehead atoms. The van der Waals surface area contributed by atoms with Gasteiger partial charge >= 0.3 is 0 Å². The van der Waals surface area contributed by atoms with Gasteiger partial charge in [0.25, 0.3) is 0 Å². The van der Waals surface area contributed by atoms with Crippen molar-refractivity contribution in [3.8, 4) is 0 Å². The Hall–Kier alpha value is -2.01. The van der Waals surface area contributed by atoms with Gasteiger partial charge in [-0.3, -0.25) is 14.7 Å². The average Bonchev–Trinajstić information content (AvgIpc) is 2.54. The lowest BCUT2D eigenvalue weighted by Gasteiger charge is -2.44. The number of halogens is 1. The molecule has 0 unspecified atom stereocenters. The summed E-state index contributed by atoms with van der Waals surface area (Å²) in [6.45, 7) is 5.20.